The minimum atomic E-state index is -10.2. The average Bonchev–Trinajstić information content (AvgIpc) is 0.728. The third-order valence-electron chi connectivity index (χ3n) is 12.4. The first-order chi connectivity index (χ1) is 46.5. The van der Waals surface area contributed by atoms with Crippen molar-refractivity contribution in [1.29, 1.82) is 0 Å². The Morgan fingerprint density at radius 3 is 0.315 bits per heavy atom. The van der Waals surface area contributed by atoms with E-state index in [2.05, 4.69) is 27.1 Å². The van der Waals surface area contributed by atoms with Crippen LogP contribution in [0.25, 0.3) is 0 Å². The molecule has 1 aliphatic rings. The molecular weight excluding hydrogens is 1800 g/mol. The maximum atomic E-state index is 15.5. The van der Waals surface area contributed by atoms with Gasteiger partial charge in [0.1, 0.15) is 39.6 Å². The second kappa shape index (κ2) is 29.5. The molecule has 0 aromatic rings. The van der Waals surface area contributed by atoms with Crippen LogP contribution in [0, 0.1) is 0 Å². The molecule has 0 atom stereocenters. The van der Waals surface area contributed by atoms with E-state index in [0.29, 0.717) is 0 Å². The van der Waals surface area contributed by atoms with Gasteiger partial charge in [-0.25, -0.2) is 52.7 Å². The van der Waals surface area contributed by atoms with Gasteiger partial charge in [-0.15, -0.1) is 13.5 Å². The molecule has 9 nitrogen and oxygen atoms in total. The fraction of sp³-hybridized carbons (Fsp3) is 1.00. The van der Waals surface area contributed by atoms with Crippen LogP contribution < -0.4 is 0 Å². The van der Waals surface area contributed by atoms with Gasteiger partial charge in [0.15, 0.2) is 0 Å². The van der Waals surface area contributed by atoms with Gasteiger partial charge in [-0.05, 0) is 0 Å². The Bertz CT molecular complexity index is 2730. The molecule has 0 amide bonds. The van der Waals surface area contributed by atoms with Gasteiger partial charge in [-0.1, -0.05) is 0 Å². The third kappa shape index (κ3) is 16.2. The van der Waals surface area contributed by atoms with Crippen molar-refractivity contribution in [2.45, 2.75) is 181 Å². The topological polar surface area (TPSA) is 92.5 Å². The van der Waals surface area contributed by atoms with Gasteiger partial charge >= 0.3 is 204 Å². The zero-order chi connectivity index (χ0) is 87.6. The van der Waals surface area contributed by atoms with E-state index in [1.165, 1.54) is 0 Å². The van der Waals surface area contributed by atoms with Gasteiger partial charge in [-0.3, -0.25) is 27.1 Å². The number of alkyl halides is 60. The summed E-state index contributed by atoms with van der Waals surface area (Å²) in [7, 11) is -30.6. The van der Waals surface area contributed by atoms with E-state index < -0.39 is 243 Å². The number of hydrogen-bond donors (Lipinski definition) is 0. The van der Waals surface area contributed by atoms with Crippen molar-refractivity contribution >= 4 is 23.0 Å². The molecule has 0 bridgehead atoms. The van der Waals surface area contributed by atoms with Crippen molar-refractivity contribution < 1.29 is 291 Å². The van der Waals surface area contributed by atoms with Crippen molar-refractivity contribution in [3.8, 4) is 0 Å². The molecule has 0 saturated heterocycles. The first-order valence-corrected chi connectivity index (χ1v) is 28.7. The molecule has 648 valence electrons. The van der Waals surface area contributed by atoms with Gasteiger partial charge in [0, 0.05) is 0 Å². The highest BCUT2D eigenvalue weighted by Crippen LogP contribution is 2.82. The van der Waals surface area contributed by atoms with E-state index in [-0.39, 0.29) is 0 Å². The first-order valence-electron chi connectivity index (χ1n) is 24.1. The molecule has 0 fully saturated rings. The SMILES string of the molecule is FC(F)C(F)(F)C(F)(F)C(F)(F)C(F)(F)COP1(OCC(F)(F)C(F)(F)C(F)(F)C(F)(F)C(F)F)=NP(OCC(F)(F)C(F)(F)C(F)(F)C(F)(F)C(F)F)(OCC(F)(F)C(F)(F)C(F)(F)C(F)(F)C(F)F)=NP(OCC(F)(F)C(F)(F)C(F)(F)C(F)(F)C(F)F)(OCC(F)(F)C(F)(F)C(F)(F)C(F)(F)C(F)F)=N1. The predicted molar refractivity (Wildman–Crippen MR) is 219 cm³/mol. The summed E-state index contributed by atoms with van der Waals surface area (Å²) in [5.74, 6) is -213. The second-order valence-electron chi connectivity index (χ2n) is 20.0. The summed E-state index contributed by atoms with van der Waals surface area (Å²) in [4.78, 5) is 0. The molecule has 0 saturated carbocycles. The van der Waals surface area contributed by atoms with Crippen LogP contribution in [0.5, 0.6) is 0 Å². The summed E-state index contributed by atoms with van der Waals surface area (Å²) < 4.78 is 879. The van der Waals surface area contributed by atoms with Crippen LogP contribution in [0.1, 0.15) is 0 Å². The van der Waals surface area contributed by atoms with Crippen LogP contribution in [0.15, 0.2) is 13.5 Å². The third-order valence-corrected chi connectivity index (χ3v) is 20.7. The van der Waals surface area contributed by atoms with Crippen LogP contribution in [0.2, 0.25) is 0 Å². The van der Waals surface area contributed by atoms with E-state index in [9.17, 15) is 211 Å². The van der Waals surface area contributed by atoms with E-state index in [4.69, 9.17) is 0 Å². The molecule has 1 heterocycles. The van der Waals surface area contributed by atoms with E-state index in [0.717, 1.165) is 13.5 Å². The molecule has 1 rings (SSSR count). The monoisotopic (exact) mass is 1820 g/mol. The highest BCUT2D eigenvalue weighted by atomic mass is 31.3. The van der Waals surface area contributed by atoms with Gasteiger partial charge < -0.3 is 0 Å². The Kier molecular flexibility index (Phi) is 27.9. The van der Waals surface area contributed by atoms with E-state index >= 15 is 52.7 Å². The fourth-order valence-corrected chi connectivity index (χ4v) is 15.4. The molecule has 0 aromatic heterocycles. The van der Waals surface area contributed by atoms with Crippen molar-refractivity contribution in [3.05, 3.63) is 0 Å². The summed E-state index contributed by atoms with van der Waals surface area (Å²) in [5.41, 5.74) is 0. The van der Waals surface area contributed by atoms with Crippen molar-refractivity contribution in [3.63, 3.8) is 0 Å². The Labute approximate surface area is 548 Å². The van der Waals surface area contributed by atoms with Crippen LogP contribution in [0.4, 0.5) is 263 Å². The van der Waals surface area contributed by atoms with Crippen LogP contribution in [-0.4, -0.2) is 220 Å². The van der Waals surface area contributed by atoms with E-state index in [1.54, 1.807) is 0 Å². The van der Waals surface area contributed by atoms with Crippen molar-refractivity contribution in [2.75, 3.05) is 39.6 Å². The highest BCUT2D eigenvalue weighted by Gasteiger charge is 2.89. The quantitative estimate of drug-likeness (QED) is 0.0447. The Hall–Kier alpha value is -3.75. The first kappa shape index (κ1) is 102. The lowest BCUT2D eigenvalue weighted by atomic mass is 9.99. The molecule has 72 heteroatoms. The largest absolute Gasteiger partial charge is 0.384 e. The molecule has 0 aliphatic carbocycles. The summed E-state index contributed by atoms with van der Waals surface area (Å²) >= 11 is 0. The lowest BCUT2D eigenvalue weighted by Gasteiger charge is -2.40. The lowest BCUT2D eigenvalue weighted by Crippen LogP contribution is -2.65. The van der Waals surface area contributed by atoms with Crippen molar-refractivity contribution in [2.24, 2.45) is 13.5 Å². The Morgan fingerprint density at radius 2 is 0.241 bits per heavy atom. The maximum absolute atomic E-state index is 15.5. The minimum absolute atomic E-state index is 0.961. The summed E-state index contributed by atoms with van der Waals surface area (Å²) in [6.45, 7) is -34.7. The molecule has 0 radical (unpaired) electrons. The summed E-state index contributed by atoms with van der Waals surface area (Å²) in [6, 6.07) is 0. The fourth-order valence-electron chi connectivity index (χ4n) is 5.89. The van der Waals surface area contributed by atoms with E-state index in [1.807, 2.05) is 0 Å². The normalized spacial score (nSPS) is 18.3. The highest BCUT2D eigenvalue weighted by molar-refractivity contribution is 7.78. The van der Waals surface area contributed by atoms with Crippen molar-refractivity contribution in [1.82, 2.24) is 0 Å². The molecule has 0 unspecified atom stereocenters. The van der Waals surface area contributed by atoms with Crippen LogP contribution >= 0.6 is 23.0 Å². The molecular formula is C36H18F60N3O6P3. The zero-order valence-corrected chi connectivity index (χ0v) is 50.2. The Morgan fingerprint density at radius 1 is 0.157 bits per heavy atom. The lowest BCUT2D eigenvalue weighted by molar-refractivity contribution is -0.387. The Balaban J connectivity index is 6.07. The molecule has 1 aliphatic heterocycles. The molecule has 0 spiro atoms. The second-order valence-corrected chi connectivity index (χ2v) is 26.7. The zero-order valence-electron chi connectivity index (χ0n) is 47.5. The number of nitrogens with zero attached hydrogens (tertiary/aromatic N) is 3. The van der Waals surface area contributed by atoms with Gasteiger partial charge in [0.2, 0.25) is 0 Å². The average molecular weight is 1820 g/mol. The van der Waals surface area contributed by atoms with Gasteiger partial charge in [0.05, 0.1) is 0 Å². The number of halogens is 60. The summed E-state index contributed by atoms with van der Waals surface area (Å²) in [6.07, 6.45) is -40.7. The van der Waals surface area contributed by atoms with Crippen LogP contribution in [0.3, 0.4) is 0 Å². The standard InChI is InChI=1S/C36H18F60N3O6P3/c37-7(38)19(61,62)31(85,86)25(73,74)13(49,50)1-100-106(101-2-14(51,52)26(75,76)32(87,88)20(63,64)8(39)40)97-107(102-3-15(53,54)27(77,78)33(89,90)21(65,66)9(41)42,103-4-16(55,56)28(79,80)34(91,92)22(67,68)10(43)44)99-108(98-106,104-5-17(57,58)29(81,82)35(93,94)23(69,70)11(45)46)105-6-18(59,60)30(83,84)36(95,96)24(71,72)12(47)48/h7-12H,1-6H2. The molecule has 0 aromatic carbocycles. The van der Waals surface area contributed by atoms with Crippen LogP contribution in [-0.2, 0) is 27.1 Å². The van der Waals surface area contributed by atoms with Gasteiger partial charge in [0.25, 0.3) is 0 Å². The summed E-state index contributed by atoms with van der Waals surface area (Å²) in [5, 5.41) is 0. The minimum Gasteiger partial charge on any atom is -0.300 e. The number of rotatable bonds is 42. The maximum Gasteiger partial charge on any atom is 0.384 e. The molecule has 0 N–H and O–H groups in total. The number of hydrogen-bond acceptors (Lipinski definition) is 9. The smallest absolute Gasteiger partial charge is 0.300 e. The molecule has 108 heavy (non-hydrogen) atoms. The predicted octanol–water partition coefficient (Wildman–Crippen LogP) is 22.8. The van der Waals surface area contributed by atoms with Gasteiger partial charge in [-0.2, -0.15) is 211 Å².